The molecule has 0 aromatic rings. The van der Waals surface area contributed by atoms with Crippen molar-refractivity contribution in [1.82, 2.24) is 5.32 Å². The lowest BCUT2D eigenvalue weighted by atomic mass is 10.1. The van der Waals surface area contributed by atoms with Crippen LogP contribution in [-0.4, -0.2) is 35.3 Å². The molecule has 0 amide bonds. The maximum atomic E-state index is 10.1. The van der Waals surface area contributed by atoms with Gasteiger partial charge in [0.15, 0.2) is 0 Å². The molecule has 13 heavy (non-hydrogen) atoms. The zero-order chi connectivity index (χ0) is 9.15. The van der Waals surface area contributed by atoms with Crippen LogP contribution in [0, 0.1) is 5.92 Å². The molecular formula is C10H19NOS. The molecule has 2 rings (SSSR count). The Kier molecular flexibility index (Phi) is 3.17. The first-order valence-corrected chi connectivity index (χ1v) is 6.45. The lowest BCUT2D eigenvalue weighted by Crippen LogP contribution is -2.43. The number of thioether (sulfide) groups is 1. The van der Waals surface area contributed by atoms with Gasteiger partial charge in [0, 0.05) is 5.75 Å². The van der Waals surface area contributed by atoms with Gasteiger partial charge in [-0.25, -0.2) is 0 Å². The maximum absolute atomic E-state index is 10.1. The standard InChI is InChI=1S/C10H19NOS/c12-10(3-1-2-4-10)8-13-7-9-5-11-6-9/h9,11-12H,1-8H2. The quantitative estimate of drug-likeness (QED) is 0.718. The van der Waals surface area contributed by atoms with Crippen LogP contribution in [-0.2, 0) is 0 Å². The Balaban J connectivity index is 1.60. The molecule has 0 unspecified atom stereocenters. The summed E-state index contributed by atoms with van der Waals surface area (Å²) < 4.78 is 0. The van der Waals surface area contributed by atoms with Crippen LogP contribution < -0.4 is 5.32 Å². The van der Waals surface area contributed by atoms with Crippen molar-refractivity contribution in [2.24, 2.45) is 5.92 Å². The van der Waals surface area contributed by atoms with Crippen LogP contribution in [0.5, 0.6) is 0 Å². The Morgan fingerprint density at radius 1 is 1.31 bits per heavy atom. The molecule has 0 bridgehead atoms. The van der Waals surface area contributed by atoms with Crippen molar-refractivity contribution in [2.45, 2.75) is 31.3 Å². The van der Waals surface area contributed by atoms with Crippen molar-refractivity contribution in [1.29, 1.82) is 0 Å². The van der Waals surface area contributed by atoms with Gasteiger partial charge in [-0.3, -0.25) is 0 Å². The average Bonchev–Trinajstić information content (AvgIpc) is 2.43. The van der Waals surface area contributed by atoms with Gasteiger partial charge in [-0.15, -0.1) is 0 Å². The van der Waals surface area contributed by atoms with E-state index in [-0.39, 0.29) is 5.60 Å². The minimum atomic E-state index is -0.304. The summed E-state index contributed by atoms with van der Waals surface area (Å²) >= 11 is 1.94. The van der Waals surface area contributed by atoms with Gasteiger partial charge in [0.05, 0.1) is 5.60 Å². The van der Waals surface area contributed by atoms with Crippen LogP contribution in [0.15, 0.2) is 0 Å². The molecule has 1 heterocycles. The molecule has 0 radical (unpaired) electrons. The largest absolute Gasteiger partial charge is 0.389 e. The molecule has 0 aromatic carbocycles. The lowest BCUT2D eigenvalue weighted by Gasteiger charge is -2.28. The summed E-state index contributed by atoms with van der Waals surface area (Å²) in [5.74, 6) is 3.06. The fraction of sp³-hybridized carbons (Fsp3) is 1.00. The molecule has 1 aliphatic carbocycles. The fourth-order valence-electron chi connectivity index (χ4n) is 2.06. The molecule has 2 fully saturated rings. The second-order valence-electron chi connectivity index (χ2n) is 4.47. The van der Waals surface area contributed by atoms with Crippen molar-refractivity contribution in [3.8, 4) is 0 Å². The Morgan fingerprint density at radius 2 is 2.00 bits per heavy atom. The van der Waals surface area contributed by atoms with Gasteiger partial charge in [0.1, 0.15) is 0 Å². The van der Waals surface area contributed by atoms with Gasteiger partial charge in [0.2, 0.25) is 0 Å². The third kappa shape index (κ3) is 2.61. The van der Waals surface area contributed by atoms with Crippen LogP contribution in [0.25, 0.3) is 0 Å². The van der Waals surface area contributed by atoms with Crippen LogP contribution in [0.3, 0.4) is 0 Å². The van der Waals surface area contributed by atoms with Crippen LogP contribution in [0.1, 0.15) is 25.7 Å². The monoisotopic (exact) mass is 201 g/mol. The molecular weight excluding hydrogens is 182 g/mol. The van der Waals surface area contributed by atoms with Crippen molar-refractivity contribution in [2.75, 3.05) is 24.6 Å². The van der Waals surface area contributed by atoms with E-state index in [0.717, 1.165) is 24.5 Å². The summed E-state index contributed by atoms with van der Waals surface area (Å²) in [6.07, 6.45) is 4.51. The number of hydrogen-bond donors (Lipinski definition) is 2. The lowest BCUT2D eigenvalue weighted by molar-refractivity contribution is 0.0732. The van der Waals surface area contributed by atoms with Gasteiger partial charge < -0.3 is 10.4 Å². The summed E-state index contributed by atoms with van der Waals surface area (Å²) in [4.78, 5) is 0. The number of rotatable bonds is 4. The molecule has 2 aliphatic rings. The molecule has 0 spiro atoms. The zero-order valence-corrected chi connectivity index (χ0v) is 8.91. The number of aliphatic hydroxyl groups is 1. The summed E-state index contributed by atoms with van der Waals surface area (Å²) in [6, 6.07) is 0. The van der Waals surface area contributed by atoms with E-state index in [9.17, 15) is 5.11 Å². The highest BCUT2D eigenvalue weighted by atomic mass is 32.2. The van der Waals surface area contributed by atoms with E-state index in [1.807, 2.05) is 11.8 Å². The van der Waals surface area contributed by atoms with E-state index >= 15 is 0 Å². The van der Waals surface area contributed by atoms with E-state index < -0.39 is 0 Å². The van der Waals surface area contributed by atoms with Crippen LogP contribution >= 0.6 is 11.8 Å². The van der Waals surface area contributed by atoms with E-state index in [2.05, 4.69) is 5.32 Å². The Morgan fingerprint density at radius 3 is 2.54 bits per heavy atom. The topological polar surface area (TPSA) is 32.3 Å². The third-order valence-electron chi connectivity index (χ3n) is 3.12. The smallest absolute Gasteiger partial charge is 0.0737 e. The van der Waals surface area contributed by atoms with Crippen molar-refractivity contribution in [3.63, 3.8) is 0 Å². The highest BCUT2D eigenvalue weighted by Gasteiger charge is 2.31. The summed E-state index contributed by atoms with van der Waals surface area (Å²) in [5, 5.41) is 13.3. The first-order valence-electron chi connectivity index (χ1n) is 5.29. The van der Waals surface area contributed by atoms with Crippen LogP contribution in [0.4, 0.5) is 0 Å². The normalized spacial score (nSPS) is 27.5. The molecule has 76 valence electrons. The molecule has 2 N–H and O–H groups in total. The number of hydrogen-bond acceptors (Lipinski definition) is 3. The zero-order valence-electron chi connectivity index (χ0n) is 8.09. The molecule has 3 heteroatoms. The van der Waals surface area contributed by atoms with Gasteiger partial charge in [0.25, 0.3) is 0 Å². The third-order valence-corrected chi connectivity index (χ3v) is 4.57. The minimum absolute atomic E-state index is 0.304. The molecule has 0 atom stereocenters. The van der Waals surface area contributed by atoms with Crippen molar-refractivity contribution < 1.29 is 5.11 Å². The second kappa shape index (κ2) is 4.20. The van der Waals surface area contributed by atoms with Crippen LogP contribution in [0.2, 0.25) is 0 Å². The van der Waals surface area contributed by atoms with E-state index in [0.29, 0.717) is 0 Å². The first-order chi connectivity index (χ1) is 6.29. The average molecular weight is 201 g/mol. The van der Waals surface area contributed by atoms with E-state index in [4.69, 9.17) is 0 Å². The SMILES string of the molecule is OC1(CSCC2CNC2)CCCC1. The molecule has 1 saturated heterocycles. The Hall–Kier alpha value is 0.270. The summed E-state index contributed by atoms with van der Waals surface area (Å²) in [7, 11) is 0. The molecule has 1 aliphatic heterocycles. The van der Waals surface area contributed by atoms with Gasteiger partial charge in [-0.2, -0.15) is 11.8 Å². The van der Waals surface area contributed by atoms with Gasteiger partial charge in [-0.1, -0.05) is 12.8 Å². The van der Waals surface area contributed by atoms with Gasteiger partial charge in [-0.05, 0) is 37.6 Å². The van der Waals surface area contributed by atoms with E-state index in [1.54, 1.807) is 0 Å². The first kappa shape index (κ1) is 9.81. The second-order valence-corrected chi connectivity index (χ2v) is 5.50. The Bertz CT molecular complexity index is 164. The predicted octanol–water partition coefficient (Wildman–Crippen LogP) is 1.24. The van der Waals surface area contributed by atoms with Gasteiger partial charge >= 0.3 is 0 Å². The molecule has 0 aromatic heterocycles. The fourth-order valence-corrected chi connectivity index (χ4v) is 3.41. The number of nitrogens with one attached hydrogen (secondary N) is 1. The highest BCUT2D eigenvalue weighted by molar-refractivity contribution is 7.99. The Labute approximate surface area is 84.5 Å². The van der Waals surface area contributed by atoms with Crippen molar-refractivity contribution >= 4 is 11.8 Å². The summed E-state index contributed by atoms with van der Waals surface area (Å²) in [6.45, 7) is 2.37. The maximum Gasteiger partial charge on any atom is 0.0737 e. The highest BCUT2D eigenvalue weighted by Crippen LogP contribution is 2.32. The van der Waals surface area contributed by atoms with E-state index in [1.165, 1.54) is 31.7 Å². The summed E-state index contributed by atoms with van der Waals surface area (Å²) in [5.41, 5.74) is -0.304. The minimum Gasteiger partial charge on any atom is -0.389 e. The molecule has 2 nitrogen and oxygen atoms in total. The van der Waals surface area contributed by atoms with Crippen molar-refractivity contribution in [3.05, 3.63) is 0 Å². The predicted molar refractivity (Wildman–Crippen MR) is 57.1 cm³/mol. The molecule has 1 saturated carbocycles.